The Balaban J connectivity index is 2.52. The van der Waals surface area contributed by atoms with Crippen LogP contribution in [0, 0.1) is 5.92 Å². The van der Waals surface area contributed by atoms with Gasteiger partial charge in [-0.2, -0.15) is 0 Å². The van der Waals surface area contributed by atoms with Crippen molar-refractivity contribution in [2.45, 2.75) is 33.0 Å². The molecule has 0 radical (unpaired) electrons. The van der Waals surface area contributed by atoms with E-state index in [0.717, 1.165) is 0 Å². The van der Waals surface area contributed by atoms with Crippen LogP contribution in [0.25, 0.3) is 0 Å². The number of hydrogen-bond donors (Lipinski definition) is 0. The maximum atomic E-state index is 10.8. The average Bonchev–Trinajstić information content (AvgIpc) is 2.18. The first-order valence-corrected chi connectivity index (χ1v) is 5.13. The Bertz CT molecular complexity index is 297. The molecule has 5 heteroatoms. The first kappa shape index (κ1) is 12.5. The van der Waals surface area contributed by atoms with E-state index in [4.69, 9.17) is 14.2 Å². The normalized spacial score (nSPS) is 28.1. The molecule has 0 bridgehead atoms. The largest absolute Gasteiger partial charge is 0.494 e. The Kier molecular flexibility index (Phi) is 4.34. The molecule has 0 unspecified atom stereocenters. The summed E-state index contributed by atoms with van der Waals surface area (Å²) in [5.74, 6) is -0.739. The Morgan fingerprint density at radius 3 is 2.56 bits per heavy atom. The van der Waals surface area contributed by atoms with Gasteiger partial charge in [-0.3, -0.25) is 9.59 Å². The van der Waals surface area contributed by atoms with E-state index in [1.165, 1.54) is 20.1 Å². The highest BCUT2D eigenvalue weighted by Gasteiger charge is 2.31. The Morgan fingerprint density at radius 2 is 2.00 bits per heavy atom. The van der Waals surface area contributed by atoms with E-state index in [2.05, 4.69) is 0 Å². The van der Waals surface area contributed by atoms with Crippen LogP contribution in [0.2, 0.25) is 0 Å². The third-order valence-corrected chi connectivity index (χ3v) is 2.38. The van der Waals surface area contributed by atoms with E-state index < -0.39 is 0 Å². The van der Waals surface area contributed by atoms with Gasteiger partial charge in [0.15, 0.2) is 0 Å². The van der Waals surface area contributed by atoms with Gasteiger partial charge in [-0.15, -0.1) is 0 Å². The van der Waals surface area contributed by atoms with E-state index in [1.54, 1.807) is 6.08 Å². The predicted octanol–water partition coefficient (Wildman–Crippen LogP) is 1.03. The third kappa shape index (κ3) is 3.56. The third-order valence-electron chi connectivity index (χ3n) is 2.38. The molecular formula is C11H16O5. The monoisotopic (exact) mass is 228 g/mol. The second-order valence-corrected chi connectivity index (χ2v) is 3.74. The van der Waals surface area contributed by atoms with Gasteiger partial charge in [0.05, 0.1) is 6.26 Å². The van der Waals surface area contributed by atoms with Crippen molar-refractivity contribution in [3.05, 3.63) is 12.3 Å². The molecule has 0 aromatic heterocycles. The van der Waals surface area contributed by atoms with Crippen LogP contribution in [-0.2, 0) is 23.8 Å². The van der Waals surface area contributed by atoms with E-state index in [0.29, 0.717) is 0 Å². The lowest BCUT2D eigenvalue weighted by Gasteiger charge is -2.31. The fraction of sp³-hybridized carbons (Fsp3) is 0.636. The summed E-state index contributed by atoms with van der Waals surface area (Å²) in [5, 5.41) is 0. The Labute approximate surface area is 94.4 Å². The number of hydrogen-bond acceptors (Lipinski definition) is 5. The molecule has 0 saturated carbocycles. The molecule has 0 aromatic rings. The first-order chi connectivity index (χ1) is 7.50. The van der Waals surface area contributed by atoms with Crippen molar-refractivity contribution in [2.75, 3.05) is 6.61 Å². The number of carbonyl (C=O) groups excluding carboxylic acids is 2. The number of carbonyl (C=O) groups is 2. The van der Waals surface area contributed by atoms with E-state index in [-0.39, 0.29) is 36.7 Å². The highest BCUT2D eigenvalue weighted by molar-refractivity contribution is 5.66. The number of rotatable bonds is 3. The zero-order valence-corrected chi connectivity index (χ0v) is 9.64. The molecule has 1 rings (SSSR count). The fourth-order valence-electron chi connectivity index (χ4n) is 1.46. The molecule has 1 heterocycles. The second-order valence-electron chi connectivity index (χ2n) is 3.74. The van der Waals surface area contributed by atoms with Crippen molar-refractivity contribution in [2.24, 2.45) is 5.92 Å². The summed E-state index contributed by atoms with van der Waals surface area (Å²) in [7, 11) is 0. The van der Waals surface area contributed by atoms with Gasteiger partial charge in [-0.25, -0.2) is 0 Å². The maximum absolute atomic E-state index is 10.8. The molecule has 5 nitrogen and oxygen atoms in total. The van der Waals surface area contributed by atoms with Crippen LogP contribution in [0.5, 0.6) is 0 Å². The molecule has 16 heavy (non-hydrogen) atoms. The topological polar surface area (TPSA) is 61.8 Å². The summed E-state index contributed by atoms with van der Waals surface area (Å²) < 4.78 is 15.3. The highest BCUT2D eigenvalue weighted by atomic mass is 16.6. The quantitative estimate of drug-likeness (QED) is 0.675. The van der Waals surface area contributed by atoms with E-state index >= 15 is 0 Å². The summed E-state index contributed by atoms with van der Waals surface area (Å²) in [5.41, 5.74) is 0. The lowest BCUT2D eigenvalue weighted by molar-refractivity contribution is -0.155. The van der Waals surface area contributed by atoms with Crippen molar-refractivity contribution in [3.63, 3.8) is 0 Å². The molecule has 0 aliphatic carbocycles. The molecule has 1 aliphatic heterocycles. The average molecular weight is 228 g/mol. The zero-order valence-electron chi connectivity index (χ0n) is 9.64. The van der Waals surface area contributed by atoms with Crippen LogP contribution in [-0.4, -0.2) is 30.8 Å². The number of esters is 2. The lowest BCUT2D eigenvalue weighted by Crippen LogP contribution is -2.38. The smallest absolute Gasteiger partial charge is 0.303 e. The maximum Gasteiger partial charge on any atom is 0.303 e. The van der Waals surface area contributed by atoms with E-state index in [9.17, 15) is 9.59 Å². The highest BCUT2D eigenvalue weighted by Crippen LogP contribution is 2.22. The fourth-order valence-corrected chi connectivity index (χ4v) is 1.46. The van der Waals surface area contributed by atoms with Gasteiger partial charge in [0.25, 0.3) is 0 Å². The number of ether oxygens (including phenoxy) is 3. The minimum Gasteiger partial charge on any atom is -0.494 e. The molecule has 3 atom stereocenters. The Morgan fingerprint density at radius 1 is 1.31 bits per heavy atom. The van der Waals surface area contributed by atoms with Gasteiger partial charge in [0.1, 0.15) is 18.8 Å². The van der Waals surface area contributed by atoms with Crippen LogP contribution >= 0.6 is 0 Å². The molecule has 0 N–H and O–H groups in total. The van der Waals surface area contributed by atoms with Crippen molar-refractivity contribution >= 4 is 11.9 Å². The molecule has 0 amide bonds. The van der Waals surface area contributed by atoms with Crippen LogP contribution < -0.4 is 0 Å². The summed E-state index contributed by atoms with van der Waals surface area (Å²) in [6, 6.07) is 0. The van der Waals surface area contributed by atoms with Crippen LogP contribution in [0.3, 0.4) is 0 Å². The van der Waals surface area contributed by atoms with Gasteiger partial charge < -0.3 is 14.2 Å². The summed E-state index contributed by atoms with van der Waals surface area (Å²) in [6.07, 6.45) is 2.54. The zero-order chi connectivity index (χ0) is 12.1. The summed E-state index contributed by atoms with van der Waals surface area (Å²) in [4.78, 5) is 21.5. The summed E-state index contributed by atoms with van der Waals surface area (Å²) >= 11 is 0. The van der Waals surface area contributed by atoms with Crippen LogP contribution in [0.4, 0.5) is 0 Å². The predicted molar refractivity (Wildman–Crippen MR) is 55.4 cm³/mol. The molecule has 0 saturated heterocycles. The van der Waals surface area contributed by atoms with Gasteiger partial charge in [-0.1, -0.05) is 6.92 Å². The van der Waals surface area contributed by atoms with Gasteiger partial charge in [0, 0.05) is 19.8 Å². The minimum absolute atomic E-state index is 0.0479. The van der Waals surface area contributed by atoms with Gasteiger partial charge >= 0.3 is 11.9 Å². The van der Waals surface area contributed by atoms with Gasteiger partial charge in [-0.05, 0) is 6.08 Å². The Hall–Kier alpha value is -1.52. The molecular weight excluding hydrogens is 212 g/mol. The molecule has 0 spiro atoms. The van der Waals surface area contributed by atoms with Gasteiger partial charge in [0.2, 0.25) is 0 Å². The lowest BCUT2D eigenvalue weighted by atomic mass is 9.96. The molecule has 1 aliphatic rings. The molecule has 90 valence electrons. The van der Waals surface area contributed by atoms with Crippen molar-refractivity contribution in [3.8, 4) is 0 Å². The standard InChI is InChI=1S/C11H16O5/c1-7-10(16-9(3)13)4-5-14-11(7)6-15-8(2)12/h4-5,7,10-11H,6H2,1-3H3/t7-,10+,11+/m0/s1. The van der Waals surface area contributed by atoms with E-state index in [1.807, 2.05) is 6.92 Å². The van der Waals surface area contributed by atoms with Crippen LogP contribution in [0.1, 0.15) is 20.8 Å². The van der Waals surface area contributed by atoms with Crippen molar-refractivity contribution in [1.82, 2.24) is 0 Å². The van der Waals surface area contributed by atoms with Crippen molar-refractivity contribution in [1.29, 1.82) is 0 Å². The SMILES string of the molecule is CC(=O)OC[C@H]1OC=C[C@@H](OC(C)=O)[C@@H]1C. The molecule has 0 aromatic carbocycles. The summed E-state index contributed by atoms with van der Waals surface area (Å²) in [6.45, 7) is 4.74. The van der Waals surface area contributed by atoms with Crippen molar-refractivity contribution < 1.29 is 23.8 Å². The van der Waals surface area contributed by atoms with Crippen LogP contribution in [0.15, 0.2) is 12.3 Å². The minimum atomic E-state index is -0.352. The first-order valence-electron chi connectivity index (χ1n) is 5.13. The molecule has 0 fully saturated rings. The second kappa shape index (κ2) is 5.53.